The number of nitrogens with zero attached hydrogens (tertiary/aromatic N) is 4. The molecule has 0 spiro atoms. The normalized spacial score (nSPS) is 10.4. The van der Waals surface area contributed by atoms with Crippen molar-refractivity contribution in [2.75, 3.05) is 7.11 Å². The van der Waals surface area contributed by atoms with Crippen LogP contribution in [0.5, 0.6) is 5.75 Å². The molecule has 2 aromatic carbocycles. The van der Waals surface area contributed by atoms with Crippen LogP contribution in [0, 0.1) is 0 Å². The molecule has 7 nitrogen and oxygen atoms in total. The minimum atomic E-state index is -0.178. The van der Waals surface area contributed by atoms with Gasteiger partial charge in [-0.1, -0.05) is 42.5 Å². The van der Waals surface area contributed by atoms with Crippen LogP contribution in [0.1, 0.15) is 5.56 Å². The van der Waals surface area contributed by atoms with E-state index in [0.29, 0.717) is 12.4 Å². The van der Waals surface area contributed by atoms with Crippen LogP contribution in [0.15, 0.2) is 54.6 Å². The average molecular weight is 323 g/mol. The highest BCUT2D eigenvalue weighted by atomic mass is 16.5. The third kappa shape index (κ3) is 3.95. The highest BCUT2D eigenvalue weighted by Crippen LogP contribution is 2.12. The van der Waals surface area contributed by atoms with Crippen LogP contribution in [0.2, 0.25) is 0 Å². The number of benzene rings is 2. The summed E-state index contributed by atoms with van der Waals surface area (Å²) in [5.41, 5.74) is 1.85. The van der Waals surface area contributed by atoms with Crippen molar-refractivity contribution in [2.45, 2.75) is 13.1 Å². The molecule has 3 aromatic rings. The van der Waals surface area contributed by atoms with Crippen LogP contribution >= 0.6 is 0 Å². The number of ether oxygens (including phenoxy) is 1. The molecule has 1 N–H and O–H groups in total. The van der Waals surface area contributed by atoms with Gasteiger partial charge in [0.15, 0.2) is 0 Å². The molecule has 0 unspecified atom stereocenters. The third-order valence-corrected chi connectivity index (χ3v) is 3.42. The van der Waals surface area contributed by atoms with Crippen molar-refractivity contribution in [2.24, 2.45) is 0 Å². The lowest BCUT2D eigenvalue weighted by Gasteiger charge is -2.05. The molecule has 0 fully saturated rings. The molecular formula is C17H17N5O2. The summed E-state index contributed by atoms with van der Waals surface area (Å²) in [6.45, 7) is 0.457. The number of aromatic nitrogens is 4. The van der Waals surface area contributed by atoms with Gasteiger partial charge in [-0.05, 0) is 22.9 Å². The van der Waals surface area contributed by atoms with E-state index in [0.717, 1.165) is 16.9 Å². The third-order valence-electron chi connectivity index (χ3n) is 3.42. The van der Waals surface area contributed by atoms with Crippen molar-refractivity contribution in [1.29, 1.82) is 0 Å². The smallest absolute Gasteiger partial charge is 0.243 e. The standard InChI is InChI=1S/C17H17N5O2/c1-24-15-9-7-13(8-10-15)11-18-16(23)12-22-20-17(19-21-22)14-5-3-2-4-6-14/h2-10H,11-12H2,1H3,(H,18,23). The second-order valence-electron chi connectivity index (χ2n) is 5.13. The van der Waals surface area contributed by atoms with E-state index in [9.17, 15) is 4.79 Å². The van der Waals surface area contributed by atoms with E-state index in [2.05, 4.69) is 20.7 Å². The first kappa shape index (κ1) is 15.7. The van der Waals surface area contributed by atoms with E-state index >= 15 is 0 Å². The number of rotatable bonds is 6. The summed E-state index contributed by atoms with van der Waals surface area (Å²) in [5.74, 6) is 1.10. The molecule has 1 amide bonds. The summed E-state index contributed by atoms with van der Waals surface area (Å²) in [6, 6.07) is 17.0. The Labute approximate surface area is 139 Å². The Balaban J connectivity index is 1.54. The quantitative estimate of drug-likeness (QED) is 0.746. The Morgan fingerprint density at radius 2 is 1.88 bits per heavy atom. The Bertz CT molecular complexity index is 799. The summed E-state index contributed by atoms with van der Waals surface area (Å²) in [6.07, 6.45) is 0. The molecular weight excluding hydrogens is 306 g/mol. The molecule has 0 radical (unpaired) electrons. The lowest BCUT2D eigenvalue weighted by Crippen LogP contribution is -2.28. The lowest BCUT2D eigenvalue weighted by molar-refractivity contribution is -0.122. The molecule has 3 rings (SSSR count). The molecule has 0 saturated carbocycles. The maximum atomic E-state index is 12.0. The van der Waals surface area contributed by atoms with Crippen LogP contribution in [-0.4, -0.2) is 33.2 Å². The summed E-state index contributed by atoms with van der Waals surface area (Å²) in [4.78, 5) is 13.3. The van der Waals surface area contributed by atoms with Gasteiger partial charge >= 0.3 is 0 Å². The Morgan fingerprint density at radius 1 is 1.12 bits per heavy atom. The number of carbonyl (C=O) groups excluding carboxylic acids is 1. The summed E-state index contributed by atoms with van der Waals surface area (Å²) >= 11 is 0. The molecule has 0 atom stereocenters. The van der Waals surface area contributed by atoms with E-state index in [1.165, 1.54) is 4.80 Å². The monoisotopic (exact) mass is 323 g/mol. The van der Waals surface area contributed by atoms with E-state index in [4.69, 9.17) is 4.74 Å². The minimum Gasteiger partial charge on any atom is -0.497 e. The first-order valence-electron chi connectivity index (χ1n) is 7.47. The van der Waals surface area contributed by atoms with Crippen molar-refractivity contribution in [1.82, 2.24) is 25.5 Å². The fourth-order valence-electron chi connectivity index (χ4n) is 2.14. The molecule has 1 aromatic heterocycles. The van der Waals surface area contributed by atoms with Crippen molar-refractivity contribution < 1.29 is 9.53 Å². The van der Waals surface area contributed by atoms with Crippen molar-refractivity contribution in [3.05, 3.63) is 60.2 Å². The molecule has 1 heterocycles. The largest absolute Gasteiger partial charge is 0.497 e. The van der Waals surface area contributed by atoms with Crippen LogP contribution in [0.4, 0.5) is 0 Å². The maximum absolute atomic E-state index is 12.0. The number of amides is 1. The number of nitrogens with one attached hydrogen (secondary N) is 1. The highest BCUT2D eigenvalue weighted by Gasteiger charge is 2.09. The molecule has 0 saturated heterocycles. The Kier molecular flexibility index (Phi) is 4.81. The highest BCUT2D eigenvalue weighted by molar-refractivity contribution is 5.75. The summed E-state index contributed by atoms with van der Waals surface area (Å²) in [7, 11) is 1.62. The first-order chi connectivity index (χ1) is 11.7. The van der Waals surface area contributed by atoms with Gasteiger partial charge in [-0.25, -0.2) is 0 Å². The van der Waals surface area contributed by atoms with Gasteiger partial charge < -0.3 is 10.1 Å². The number of tetrazole rings is 1. The van der Waals surface area contributed by atoms with Gasteiger partial charge in [-0.3, -0.25) is 4.79 Å². The first-order valence-corrected chi connectivity index (χ1v) is 7.47. The zero-order chi connectivity index (χ0) is 16.8. The molecule has 0 aliphatic carbocycles. The van der Waals surface area contributed by atoms with Crippen LogP contribution in [0.3, 0.4) is 0 Å². The van der Waals surface area contributed by atoms with Gasteiger partial charge in [0.05, 0.1) is 7.11 Å². The predicted octanol–water partition coefficient (Wildman–Crippen LogP) is 1.67. The molecule has 122 valence electrons. The number of methoxy groups -OCH3 is 1. The summed E-state index contributed by atoms with van der Waals surface area (Å²) < 4.78 is 5.10. The molecule has 24 heavy (non-hydrogen) atoms. The fraction of sp³-hybridized carbons (Fsp3) is 0.176. The summed E-state index contributed by atoms with van der Waals surface area (Å²) in [5, 5.41) is 14.9. The number of hydrogen-bond donors (Lipinski definition) is 1. The molecule has 0 bridgehead atoms. The van der Waals surface area contributed by atoms with Gasteiger partial charge in [0, 0.05) is 12.1 Å². The molecule has 0 aliphatic rings. The maximum Gasteiger partial charge on any atom is 0.243 e. The zero-order valence-electron chi connectivity index (χ0n) is 13.2. The van der Waals surface area contributed by atoms with Crippen molar-refractivity contribution in [3.63, 3.8) is 0 Å². The van der Waals surface area contributed by atoms with Crippen molar-refractivity contribution >= 4 is 5.91 Å². The van der Waals surface area contributed by atoms with Gasteiger partial charge in [0.1, 0.15) is 12.3 Å². The van der Waals surface area contributed by atoms with E-state index in [-0.39, 0.29) is 12.5 Å². The molecule has 0 aliphatic heterocycles. The topological polar surface area (TPSA) is 81.9 Å². The number of carbonyl (C=O) groups is 1. The van der Waals surface area contributed by atoms with E-state index in [1.807, 2.05) is 54.6 Å². The SMILES string of the molecule is COc1ccc(CNC(=O)Cn2nnc(-c3ccccc3)n2)cc1. The Morgan fingerprint density at radius 3 is 2.58 bits per heavy atom. The minimum absolute atomic E-state index is 0.0238. The van der Waals surface area contributed by atoms with Gasteiger partial charge in [-0.2, -0.15) is 4.80 Å². The zero-order valence-corrected chi connectivity index (χ0v) is 13.2. The second kappa shape index (κ2) is 7.36. The average Bonchev–Trinajstić information content (AvgIpc) is 3.09. The molecule has 7 heteroatoms. The fourth-order valence-corrected chi connectivity index (χ4v) is 2.14. The van der Waals surface area contributed by atoms with Crippen molar-refractivity contribution in [3.8, 4) is 17.1 Å². The van der Waals surface area contributed by atoms with Crippen LogP contribution in [0.25, 0.3) is 11.4 Å². The van der Waals surface area contributed by atoms with Gasteiger partial charge in [0.25, 0.3) is 0 Å². The van der Waals surface area contributed by atoms with Gasteiger partial charge in [-0.15, -0.1) is 10.2 Å². The Hall–Kier alpha value is -3.22. The van der Waals surface area contributed by atoms with Crippen LogP contribution < -0.4 is 10.1 Å². The second-order valence-corrected chi connectivity index (χ2v) is 5.13. The van der Waals surface area contributed by atoms with Gasteiger partial charge in [0.2, 0.25) is 11.7 Å². The van der Waals surface area contributed by atoms with Crippen LogP contribution in [-0.2, 0) is 17.9 Å². The van der Waals surface area contributed by atoms with E-state index in [1.54, 1.807) is 7.11 Å². The predicted molar refractivity (Wildman–Crippen MR) is 88.1 cm³/mol. The van der Waals surface area contributed by atoms with E-state index < -0.39 is 0 Å². The number of hydrogen-bond acceptors (Lipinski definition) is 5. The lowest BCUT2D eigenvalue weighted by atomic mass is 10.2.